The number of rotatable bonds is 6. The normalized spacial score (nSPS) is 12.4. The molecule has 0 aliphatic rings. The molecular formula is C15H24ClNO3. The molecule has 0 fully saturated rings. The Morgan fingerprint density at radius 1 is 1.30 bits per heavy atom. The molecule has 0 aliphatic carbocycles. The van der Waals surface area contributed by atoms with E-state index in [9.17, 15) is 9.90 Å². The van der Waals surface area contributed by atoms with E-state index < -0.39 is 6.10 Å². The number of carbonyl (C=O) groups is 1. The number of β-amino-alcohol motifs (C(OH)–C–C–N with tert-alkyl or cyclic N) is 1. The maximum Gasteiger partial charge on any atom is 0.159 e. The first-order valence-electron chi connectivity index (χ1n) is 6.45. The van der Waals surface area contributed by atoms with Crippen LogP contribution in [0, 0.1) is 0 Å². The Hall–Kier alpha value is -1.10. The molecule has 5 heteroatoms. The zero-order chi connectivity index (χ0) is 14.5. The van der Waals surface area contributed by atoms with Gasteiger partial charge in [0.2, 0.25) is 0 Å². The molecule has 1 unspecified atom stereocenters. The first kappa shape index (κ1) is 18.9. The van der Waals surface area contributed by atoms with Gasteiger partial charge in [-0.3, -0.25) is 4.79 Å². The first-order chi connectivity index (χ1) is 8.78. The van der Waals surface area contributed by atoms with Crippen LogP contribution >= 0.6 is 12.4 Å². The third-order valence-electron chi connectivity index (χ3n) is 2.57. The number of carbonyl (C=O) groups excluding carboxylic acids is 1. The van der Waals surface area contributed by atoms with Gasteiger partial charge in [-0.15, -0.1) is 12.4 Å². The van der Waals surface area contributed by atoms with Gasteiger partial charge in [-0.2, -0.15) is 0 Å². The Kier molecular flexibility index (Phi) is 7.79. The highest BCUT2D eigenvalue weighted by atomic mass is 35.5. The Balaban J connectivity index is 0.00000361. The van der Waals surface area contributed by atoms with Gasteiger partial charge in [0.15, 0.2) is 5.78 Å². The maximum atomic E-state index is 11.1. The molecule has 0 saturated heterocycles. The summed E-state index contributed by atoms with van der Waals surface area (Å²) in [7, 11) is 0. The van der Waals surface area contributed by atoms with Crippen LogP contribution in [0.3, 0.4) is 0 Å². The third kappa shape index (κ3) is 7.48. The van der Waals surface area contributed by atoms with E-state index in [1.54, 1.807) is 24.3 Å². The van der Waals surface area contributed by atoms with E-state index in [0.717, 1.165) is 0 Å². The second-order valence-electron chi connectivity index (χ2n) is 5.68. The molecule has 0 radical (unpaired) electrons. The van der Waals surface area contributed by atoms with E-state index in [-0.39, 0.29) is 30.3 Å². The minimum atomic E-state index is -0.563. The predicted octanol–water partition coefficient (Wildman–Crippen LogP) is 2.44. The summed E-state index contributed by atoms with van der Waals surface area (Å²) in [6.07, 6.45) is -0.563. The molecule has 1 rings (SSSR count). The van der Waals surface area contributed by atoms with Crippen molar-refractivity contribution in [2.75, 3.05) is 13.2 Å². The average molecular weight is 302 g/mol. The highest BCUT2D eigenvalue weighted by molar-refractivity contribution is 5.94. The van der Waals surface area contributed by atoms with Crippen molar-refractivity contribution < 1.29 is 14.6 Å². The SMILES string of the molecule is CC(=O)c1ccc(OCC(O)CNC(C)(C)C)cc1.Cl. The zero-order valence-corrected chi connectivity index (χ0v) is 13.3. The van der Waals surface area contributed by atoms with Crippen LogP contribution in [0.2, 0.25) is 0 Å². The third-order valence-corrected chi connectivity index (χ3v) is 2.57. The number of hydrogen-bond acceptors (Lipinski definition) is 4. The lowest BCUT2D eigenvalue weighted by Gasteiger charge is -2.22. The van der Waals surface area contributed by atoms with E-state index in [1.807, 2.05) is 20.8 Å². The van der Waals surface area contributed by atoms with Gasteiger partial charge in [-0.1, -0.05) is 0 Å². The molecule has 114 valence electrons. The smallest absolute Gasteiger partial charge is 0.159 e. The molecule has 1 aromatic rings. The molecule has 0 spiro atoms. The first-order valence-corrected chi connectivity index (χ1v) is 6.45. The van der Waals surface area contributed by atoms with Crippen LogP contribution in [0.1, 0.15) is 38.1 Å². The minimum absolute atomic E-state index is 0. The van der Waals surface area contributed by atoms with Gasteiger partial charge < -0.3 is 15.2 Å². The molecule has 2 N–H and O–H groups in total. The van der Waals surface area contributed by atoms with Crippen LogP contribution in [0.25, 0.3) is 0 Å². The van der Waals surface area contributed by atoms with E-state index in [4.69, 9.17) is 4.74 Å². The molecule has 20 heavy (non-hydrogen) atoms. The molecule has 0 saturated carbocycles. The fourth-order valence-electron chi connectivity index (χ4n) is 1.46. The van der Waals surface area contributed by atoms with Crippen molar-refractivity contribution in [3.8, 4) is 5.75 Å². The molecule has 0 aromatic heterocycles. The number of aliphatic hydroxyl groups excluding tert-OH is 1. The van der Waals surface area contributed by atoms with Gasteiger partial charge in [0.25, 0.3) is 0 Å². The Morgan fingerprint density at radius 3 is 2.30 bits per heavy atom. The number of nitrogens with one attached hydrogen (secondary N) is 1. The second kappa shape index (κ2) is 8.25. The lowest BCUT2D eigenvalue weighted by atomic mass is 10.1. The second-order valence-corrected chi connectivity index (χ2v) is 5.68. The molecule has 4 nitrogen and oxygen atoms in total. The van der Waals surface area contributed by atoms with Crippen LogP contribution in [0.4, 0.5) is 0 Å². The topological polar surface area (TPSA) is 58.6 Å². The van der Waals surface area contributed by atoms with Crippen LogP contribution in [-0.2, 0) is 0 Å². The van der Waals surface area contributed by atoms with Crippen molar-refractivity contribution in [2.24, 2.45) is 0 Å². The number of ketones is 1. The predicted molar refractivity (Wildman–Crippen MR) is 83.0 cm³/mol. The summed E-state index contributed by atoms with van der Waals surface area (Å²) < 4.78 is 5.47. The van der Waals surface area contributed by atoms with Crippen molar-refractivity contribution in [1.29, 1.82) is 0 Å². The molecule has 0 heterocycles. The highest BCUT2D eigenvalue weighted by Gasteiger charge is 2.12. The van der Waals surface area contributed by atoms with E-state index in [2.05, 4.69) is 5.32 Å². The molecule has 0 aliphatic heterocycles. The number of benzene rings is 1. The molecular weight excluding hydrogens is 278 g/mol. The molecule has 1 atom stereocenters. The number of aliphatic hydroxyl groups is 1. The average Bonchev–Trinajstić information content (AvgIpc) is 2.33. The van der Waals surface area contributed by atoms with Gasteiger partial charge in [0.05, 0.1) is 0 Å². The van der Waals surface area contributed by atoms with Crippen LogP contribution in [-0.4, -0.2) is 35.7 Å². The summed E-state index contributed by atoms with van der Waals surface area (Å²) in [6, 6.07) is 6.91. The largest absolute Gasteiger partial charge is 0.491 e. The standard InChI is InChI=1S/C15H23NO3.ClH/c1-11(17)12-5-7-14(8-6-12)19-10-13(18)9-16-15(2,3)4;/h5-8,13,16,18H,9-10H2,1-4H3;1H. The number of ether oxygens (including phenoxy) is 1. The zero-order valence-electron chi connectivity index (χ0n) is 12.5. The van der Waals surface area contributed by atoms with E-state index >= 15 is 0 Å². The monoisotopic (exact) mass is 301 g/mol. The number of Topliss-reactive ketones (excluding diaryl/α,β-unsaturated/α-hetero) is 1. The minimum Gasteiger partial charge on any atom is -0.491 e. The lowest BCUT2D eigenvalue weighted by molar-refractivity contribution is 0.0995. The van der Waals surface area contributed by atoms with Crippen molar-refractivity contribution in [3.05, 3.63) is 29.8 Å². The Bertz CT molecular complexity index is 412. The molecule has 1 aromatic carbocycles. The summed E-state index contributed by atoms with van der Waals surface area (Å²) in [4.78, 5) is 11.1. The Labute approximate surface area is 126 Å². The van der Waals surface area contributed by atoms with Gasteiger partial charge >= 0.3 is 0 Å². The summed E-state index contributed by atoms with van der Waals surface area (Å²) in [5.41, 5.74) is 0.631. The van der Waals surface area contributed by atoms with Crippen molar-refractivity contribution >= 4 is 18.2 Å². The fourth-order valence-corrected chi connectivity index (χ4v) is 1.46. The molecule has 0 amide bonds. The van der Waals surface area contributed by atoms with E-state index in [0.29, 0.717) is 17.9 Å². The van der Waals surface area contributed by atoms with Gasteiger partial charge in [-0.05, 0) is 52.0 Å². The van der Waals surface area contributed by atoms with Crippen LogP contribution < -0.4 is 10.1 Å². The maximum absolute atomic E-state index is 11.1. The van der Waals surface area contributed by atoms with Crippen molar-refractivity contribution in [2.45, 2.75) is 39.3 Å². The quantitative estimate of drug-likeness (QED) is 0.792. The van der Waals surface area contributed by atoms with Crippen molar-refractivity contribution in [1.82, 2.24) is 5.32 Å². The molecule has 0 bridgehead atoms. The van der Waals surface area contributed by atoms with Gasteiger partial charge in [0, 0.05) is 17.6 Å². The fraction of sp³-hybridized carbons (Fsp3) is 0.533. The van der Waals surface area contributed by atoms with Gasteiger partial charge in [-0.25, -0.2) is 0 Å². The number of halogens is 1. The summed E-state index contributed by atoms with van der Waals surface area (Å²) in [5.74, 6) is 0.681. The highest BCUT2D eigenvalue weighted by Crippen LogP contribution is 2.12. The van der Waals surface area contributed by atoms with Gasteiger partial charge in [0.1, 0.15) is 18.5 Å². The van der Waals surface area contributed by atoms with E-state index in [1.165, 1.54) is 6.92 Å². The number of hydrogen-bond donors (Lipinski definition) is 2. The Morgan fingerprint density at radius 2 is 1.85 bits per heavy atom. The van der Waals surface area contributed by atoms with Crippen LogP contribution in [0.5, 0.6) is 5.75 Å². The van der Waals surface area contributed by atoms with Crippen molar-refractivity contribution in [3.63, 3.8) is 0 Å². The summed E-state index contributed by atoms with van der Waals surface area (Å²) in [6.45, 7) is 8.36. The summed E-state index contributed by atoms with van der Waals surface area (Å²) >= 11 is 0. The lowest BCUT2D eigenvalue weighted by Crippen LogP contribution is -2.42. The summed E-state index contributed by atoms with van der Waals surface area (Å²) in [5, 5.41) is 13.0. The van der Waals surface area contributed by atoms with Crippen LogP contribution in [0.15, 0.2) is 24.3 Å².